The molecule has 0 radical (unpaired) electrons. The number of rotatable bonds is 9. The van der Waals surface area contributed by atoms with Crippen molar-refractivity contribution >= 4 is 12.3 Å². The molecule has 0 aromatic rings. The third-order valence-corrected chi connectivity index (χ3v) is 2.52. The zero-order chi connectivity index (χ0) is 13.8. The molecule has 0 aromatic carbocycles. The van der Waals surface area contributed by atoms with Crippen LogP contribution < -0.4 is 5.32 Å². The van der Waals surface area contributed by atoms with Crippen LogP contribution in [0.25, 0.3) is 0 Å². The van der Waals surface area contributed by atoms with E-state index in [2.05, 4.69) is 33.4 Å². The Bertz CT molecular complexity index is 277. The highest BCUT2D eigenvalue weighted by atomic mass is 16.5. The van der Waals surface area contributed by atoms with Gasteiger partial charge in [0, 0.05) is 38.1 Å². The van der Waals surface area contributed by atoms with Crippen molar-refractivity contribution in [3.63, 3.8) is 0 Å². The summed E-state index contributed by atoms with van der Waals surface area (Å²) in [5, 5.41) is 2.66. The molecule has 0 fully saturated rings. The number of carbonyl (C=O) groups is 1. The maximum Gasteiger partial charge on any atom is 0.406 e. The molecule has 0 saturated carbocycles. The zero-order valence-corrected chi connectivity index (χ0v) is 11.7. The molecule has 0 unspecified atom stereocenters. The van der Waals surface area contributed by atoms with Crippen molar-refractivity contribution < 1.29 is 9.53 Å². The van der Waals surface area contributed by atoms with Crippen molar-refractivity contribution in [3.8, 4) is 0 Å². The summed E-state index contributed by atoms with van der Waals surface area (Å²) in [5.41, 5.74) is 0.945. The van der Waals surface area contributed by atoms with Crippen LogP contribution >= 0.6 is 0 Å². The van der Waals surface area contributed by atoms with E-state index in [1.807, 2.05) is 13.1 Å². The lowest BCUT2D eigenvalue weighted by atomic mass is 10.2. The second-order valence-corrected chi connectivity index (χ2v) is 3.82. The Morgan fingerprint density at radius 3 is 2.72 bits per heavy atom. The maximum atomic E-state index is 10.8. The predicted molar refractivity (Wildman–Crippen MR) is 75.1 cm³/mol. The summed E-state index contributed by atoms with van der Waals surface area (Å²) in [6, 6.07) is 0. The number of nitrogens with one attached hydrogen (secondary N) is 1. The highest BCUT2D eigenvalue weighted by Crippen LogP contribution is 2.02. The molecule has 0 heterocycles. The molecule has 18 heavy (non-hydrogen) atoms. The van der Waals surface area contributed by atoms with Crippen LogP contribution in [0.4, 0.5) is 4.79 Å². The molecule has 1 N–H and O–H groups in total. The van der Waals surface area contributed by atoms with E-state index >= 15 is 0 Å². The first-order valence-corrected chi connectivity index (χ1v) is 6.41. The molecule has 0 aromatic heterocycles. The third-order valence-electron chi connectivity index (χ3n) is 2.52. The quantitative estimate of drug-likeness (QED) is 0.507. The van der Waals surface area contributed by atoms with E-state index in [0.29, 0.717) is 6.54 Å². The lowest BCUT2D eigenvalue weighted by Gasteiger charge is -2.22. The molecular formula is C13H25N3O2. The van der Waals surface area contributed by atoms with Crippen molar-refractivity contribution in [1.82, 2.24) is 10.2 Å². The summed E-state index contributed by atoms with van der Waals surface area (Å²) in [5.74, 6) is 0. The molecule has 0 rings (SSSR count). The summed E-state index contributed by atoms with van der Waals surface area (Å²) in [6.45, 7) is 11.3. The van der Waals surface area contributed by atoms with E-state index in [0.717, 1.165) is 38.2 Å². The molecule has 0 aliphatic heterocycles. The highest BCUT2D eigenvalue weighted by molar-refractivity contribution is 5.76. The first kappa shape index (κ1) is 16.5. The van der Waals surface area contributed by atoms with Crippen LogP contribution in [0.5, 0.6) is 0 Å². The Balaban J connectivity index is 3.77. The molecule has 104 valence electrons. The number of unbranched alkanes of at least 4 members (excludes halogenated alkanes) is 1. The van der Waals surface area contributed by atoms with E-state index in [1.54, 1.807) is 0 Å². The van der Waals surface area contributed by atoms with Crippen LogP contribution in [0.3, 0.4) is 0 Å². The van der Waals surface area contributed by atoms with Crippen LogP contribution in [0.2, 0.25) is 0 Å². The van der Waals surface area contributed by atoms with Gasteiger partial charge in [0.1, 0.15) is 0 Å². The molecule has 5 heteroatoms. The second-order valence-electron chi connectivity index (χ2n) is 3.82. The topological polar surface area (TPSA) is 53.9 Å². The largest absolute Gasteiger partial charge is 0.453 e. The number of hydrogen-bond donors (Lipinski definition) is 1. The monoisotopic (exact) mass is 255 g/mol. The van der Waals surface area contributed by atoms with Gasteiger partial charge in [-0.3, -0.25) is 4.99 Å². The normalized spacial score (nSPS) is 10.4. The Morgan fingerprint density at radius 1 is 1.44 bits per heavy atom. The predicted octanol–water partition coefficient (Wildman–Crippen LogP) is 2.05. The molecular weight excluding hydrogens is 230 g/mol. The number of aliphatic imine (C=N–C) groups is 1. The molecule has 0 saturated heterocycles. The maximum absolute atomic E-state index is 10.8. The van der Waals surface area contributed by atoms with Gasteiger partial charge in [-0.1, -0.05) is 6.58 Å². The van der Waals surface area contributed by atoms with Gasteiger partial charge in [0.25, 0.3) is 0 Å². The highest BCUT2D eigenvalue weighted by Gasteiger charge is 2.03. The van der Waals surface area contributed by atoms with Gasteiger partial charge in [0.2, 0.25) is 0 Å². The molecule has 0 bridgehead atoms. The summed E-state index contributed by atoms with van der Waals surface area (Å²) >= 11 is 0. The van der Waals surface area contributed by atoms with Crippen molar-refractivity contribution in [1.29, 1.82) is 0 Å². The lowest BCUT2D eigenvalue weighted by Crippen LogP contribution is -2.27. The average molecular weight is 255 g/mol. The van der Waals surface area contributed by atoms with Gasteiger partial charge in [0.05, 0.1) is 7.11 Å². The van der Waals surface area contributed by atoms with E-state index in [4.69, 9.17) is 0 Å². The fraction of sp³-hybridized carbons (Fsp3) is 0.692. The number of carbonyl (C=O) groups excluding carboxylic acids is 1. The van der Waals surface area contributed by atoms with Gasteiger partial charge in [-0.15, -0.1) is 0 Å². The Labute approximate surface area is 110 Å². The van der Waals surface area contributed by atoms with Crippen LogP contribution in [0.1, 0.15) is 26.7 Å². The van der Waals surface area contributed by atoms with Crippen LogP contribution in [0, 0.1) is 0 Å². The van der Waals surface area contributed by atoms with Crippen molar-refractivity contribution in [2.75, 3.05) is 33.3 Å². The summed E-state index contributed by atoms with van der Waals surface area (Å²) in [7, 11) is 1.37. The summed E-state index contributed by atoms with van der Waals surface area (Å²) in [4.78, 5) is 17.2. The lowest BCUT2D eigenvalue weighted by molar-refractivity contribution is 0.170. The Kier molecular flexibility index (Phi) is 9.73. The summed E-state index contributed by atoms with van der Waals surface area (Å²) < 4.78 is 4.49. The van der Waals surface area contributed by atoms with Gasteiger partial charge in [-0.05, 0) is 26.7 Å². The van der Waals surface area contributed by atoms with Crippen molar-refractivity contribution in [2.45, 2.75) is 26.7 Å². The molecule has 0 aliphatic rings. The first-order valence-electron chi connectivity index (χ1n) is 6.41. The van der Waals surface area contributed by atoms with Crippen molar-refractivity contribution in [3.05, 3.63) is 12.3 Å². The fourth-order valence-corrected chi connectivity index (χ4v) is 1.47. The second kappa shape index (κ2) is 10.6. The minimum absolute atomic E-state index is 0.373. The minimum Gasteiger partial charge on any atom is -0.453 e. The van der Waals surface area contributed by atoms with Gasteiger partial charge >= 0.3 is 6.09 Å². The standard InChI is InChI=1S/C13H25N3O2/c1-5-14-11-12(3)16(6-2)10-8-7-9-15-13(17)18-4/h11H,3,5-10H2,1-2,4H3,(H,15,17)/b14-11-. The van der Waals surface area contributed by atoms with E-state index in [-0.39, 0.29) is 6.09 Å². The Hall–Kier alpha value is -1.52. The number of nitrogens with zero attached hydrogens (tertiary/aromatic N) is 2. The molecule has 0 spiro atoms. The average Bonchev–Trinajstić information content (AvgIpc) is 2.39. The van der Waals surface area contributed by atoms with Crippen LogP contribution in [-0.4, -0.2) is 50.5 Å². The number of amides is 1. The third kappa shape index (κ3) is 7.70. The van der Waals surface area contributed by atoms with Gasteiger partial charge < -0.3 is 15.0 Å². The number of methoxy groups -OCH3 is 1. The number of allylic oxidation sites excluding steroid dienone is 1. The number of hydrogen-bond acceptors (Lipinski definition) is 4. The van der Waals surface area contributed by atoms with E-state index in [9.17, 15) is 4.79 Å². The van der Waals surface area contributed by atoms with Crippen LogP contribution in [0.15, 0.2) is 17.3 Å². The fourth-order valence-electron chi connectivity index (χ4n) is 1.47. The SMILES string of the molecule is C=C(/C=N\CC)N(CC)CCCCNC(=O)OC. The Morgan fingerprint density at radius 2 is 2.17 bits per heavy atom. The van der Waals surface area contributed by atoms with Gasteiger partial charge in [-0.25, -0.2) is 4.79 Å². The first-order chi connectivity index (χ1) is 8.65. The minimum atomic E-state index is -0.373. The molecule has 0 atom stereocenters. The smallest absolute Gasteiger partial charge is 0.406 e. The summed E-state index contributed by atoms with van der Waals surface area (Å²) in [6.07, 6.45) is 3.36. The van der Waals surface area contributed by atoms with E-state index < -0.39 is 0 Å². The van der Waals surface area contributed by atoms with Gasteiger partial charge in [-0.2, -0.15) is 0 Å². The molecule has 0 aliphatic carbocycles. The number of ether oxygens (including phenoxy) is 1. The van der Waals surface area contributed by atoms with E-state index in [1.165, 1.54) is 7.11 Å². The van der Waals surface area contributed by atoms with Crippen LogP contribution in [-0.2, 0) is 4.74 Å². The van der Waals surface area contributed by atoms with Gasteiger partial charge in [0.15, 0.2) is 0 Å². The zero-order valence-electron chi connectivity index (χ0n) is 11.7. The molecule has 1 amide bonds. The molecule has 5 nitrogen and oxygen atoms in total. The number of alkyl carbamates (subject to hydrolysis) is 1. The van der Waals surface area contributed by atoms with Crippen molar-refractivity contribution in [2.24, 2.45) is 4.99 Å².